The smallest absolute Gasteiger partial charge is 0.227 e. The topological polar surface area (TPSA) is 42.3 Å². The predicted octanol–water partition coefficient (Wildman–Crippen LogP) is 7.24. The molecular weight excluding hydrogens is 442 g/mol. The van der Waals surface area contributed by atoms with Gasteiger partial charge in [-0.2, -0.15) is 4.57 Å². The van der Waals surface area contributed by atoms with Gasteiger partial charge >= 0.3 is 0 Å². The van der Waals surface area contributed by atoms with Crippen LogP contribution in [0.3, 0.4) is 0 Å². The third-order valence-electron chi connectivity index (χ3n) is 7.94. The lowest BCUT2D eigenvalue weighted by Gasteiger charge is -2.31. The molecule has 2 aliphatic rings. The Bertz CT molecular complexity index is 1720. The summed E-state index contributed by atoms with van der Waals surface area (Å²) in [5.41, 5.74) is 10.8. The van der Waals surface area contributed by atoms with E-state index < -0.39 is 0 Å². The Morgan fingerprint density at radius 2 is 1.78 bits per heavy atom. The van der Waals surface area contributed by atoms with Crippen LogP contribution in [0.4, 0.5) is 0 Å². The molecule has 0 fully saturated rings. The van der Waals surface area contributed by atoms with E-state index in [0.717, 1.165) is 58.3 Å². The Balaban J connectivity index is 1.42. The highest BCUT2D eigenvalue weighted by Crippen LogP contribution is 2.44. The van der Waals surface area contributed by atoms with Crippen molar-refractivity contribution in [1.82, 2.24) is 4.98 Å². The lowest BCUT2D eigenvalue weighted by atomic mass is 9.77. The molecule has 5 aromatic rings. The summed E-state index contributed by atoms with van der Waals surface area (Å²) in [5.74, 6) is 0.370. The molecule has 0 N–H and O–H groups in total. The van der Waals surface area contributed by atoms with E-state index in [2.05, 4.69) is 89.9 Å². The number of fused-ring (bicyclic) bond motifs is 11. The second-order valence-electron chi connectivity index (χ2n) is 10.1. The molecular formula is C32H28N3O+. The first kappa shape index (κ1) is 21.3. The zero-order valence-electron chi connectivity index (χ0n) is 20.7. The van der Waals surface area contributed by atoms with E-state index in [9.17, 15) is 0 Å². The van der Waals surface area contributed by atoms with Crippen LogP contribution in [0, 0.1) is 6.92 Å². The maximum Gasteiger partial charge on any atom is 0.227 e. The highest BCUT2D eigenvalue weighted by atomic mass is 16.3. The Labute approximate surface area is 210 Å². The van der Waals surface area contributed by atoms with Crippen LogP contribution in [0.15, 0.2) is 94.6 Å². The SMILES string of the molecule is C=C1CC2C(CCc3ccc4c(oc5nc(C)ccc54)c3C(C)=N1)c1ccccc1-c1cccc[n+]12. The Morgan fingerprint density at radius 3 is 2.69 bits per heavy atom. The van der Waals surface area contributed by atoms with E-state index in [4.69, 9.17) is 9.41 Å². The molecule has 2 aromatic carbocycles. The lowest BCUT2D eigenvalue weighted by molar-refractivity contribution is -0.718. The van der Waals surface area contributed by atoms with Crippen LogP contribution in [0.2, 0.25) is 0 Å². The third-order valence-corrected chi connectivity index (χ3v) is 7.94. The number of nitrogens with zero attached hydrogens (tertiary/aromatic N) is 3. The molecule has 0 saturated heterocycles. The summed E-state index contributed by atoms with van der Waals surface area (Å²) < 4.78 is 8.84. The monoisotopic (exact) mass is 470 g/mol. The molecule has 5 heterocycles. The molecule has 4 nitrogen and oxygen atoms in total. The summed E-state index contributed by atoms with van der Waals surface area (Å²) in [7, 11) is 0. The Kier molecular flexibility index (Phi) is 4.72. The fraction of sp³-hybridized carbons (Fsp3) is 0.219. The van der Waals surface area contributed by atoms with E-state index in [0.29, 0.717) is 11.6 Å². The summed E-state index contributed by atoms with van der Waals surface area (Å²) in [6.07, 6.45) is 5.02. The molecule has 36 heavy (non-hydrogen) atoms. The quantitative estimate of drug-likeness (QED) is 0.224. The van der Waals surface area contributed by atoms with Crippen molar-refractivity contribution < 1.29 is 8.98 Å². The minimum atomic E-state index is 0.281. The number of hydrogen-bond acceptors (Lipinski definition) is 3. The highest BCUT2D eigenvalue weighted by Gasteiger charge is 2.40. The van der Waals surface area contributed by atoms with Gasteiger partial charge in [-0.3, -0.25) is 4.99 Å². The van der Waals surface area contributed by atoms with Crippen LogP contribution in [-0.2, 0) is 6.42 Å². The number of pyridine rings is 2. The lowest BCUT2D eigenvalue weighted by Crippen LogP contribution is -2.47. The second-order valence-corrected chi connectivity index (χ2v) is 10.1. The van der Waals surface area contributed by atoms with Crippen LogP contribution >= 0.6 is 0 Å². The van der Waals surface area contributed by atoms with Crippen molar-refractivity contribution in [2.45, 2.75) is 45.1 Å². The number of hydrogen-bond donors (Lipinski definition) is 0. The van der Waals surface area contributed by atoms with Crippen LogP contribution in [0.5, 0.6) is 0 Å². The summed E-state index contributed by atoms with van der Waals surface area (Å²) in [6.45, 7) is 8.51. The fourth-order valence-corrected chi connectivity index (χ4v) is 6.37. The molecule has 0 bridgehead atoms. The Morgan fingerprint density at radius 1 is 0.944 bits per heavy atom. The van der Waals surface area contributed by atoms with Crippen LogP contribution in [0.1, 0.15) is 54.1 Å². The van der Waals surface area contributed by atoms with Crippen molar-refractivity contribution in [2.24, 2.45) is 4.99 Å². The number of rotatable bonds is 0. The maximum atomic E-state index is 6.39. The first-order chi connectivity index (χ1) is 17.6. The zero-order valence-corrected chi connectivity index (χ0v) is 20.7. The molecule has 4 heteroatoms. The second kappa shape index (κ2) is 7.99. The van der Waals surface area contributed by atoms with Crippen molar-refractivity contribution >= 4 is 27.8 Å². The minimum Gasteiger partial charge on any atom is -0.437 e. The zero-order chi connectivity index (χ0) is 24.4. The van der Waals surface area contributed by atoms with Gasteiger partial charge in [0, 0.05) is 57.1 Å². The van der Waals surface area contributed by atoms with Gasteiger partial charge in [-0.15, -0.1) is 0 Å². The van der Waals surface area contributed by atoms with E-state index >= 15 is 0 Å². The van der Waals surface area contributed by atoms with Crippen LogP contribution in [-0.4, -0.2) is 10.7 Å². The number of aryl methyl sites for hydroxylation is 2. The average Bonchev–Trinajstić information content (AvgIpc) is 3.25. The van der Waals surface area contributed by atoms with Gasteiger partial charge in [0.1, 0.15) is 5.58 Å². The number of allylic oxidation sites excluding steroid dienone is 1. The van der Waals surface area contributed by atoms with Gasteiger partial charge in [-0.1, -0.05) is 36.9 Å². The van der Waals surface area contributed by atoms with Gasteiger partial charge in [0.25, 0.3) is 0 Å². The summed E-state index contributed by atoms with van der Waals surface area (Å²) >= 11 is 0. The molecule has 7 rings (SSSR count). The fourth-order valence-electron chi connectivity index (χ4n) is 6.37. The normalized spacial score (nSPS) is 19.3. The van der Waals surface area contributed by atoms with Crippen molar-refractivity contribution in [2.75, 3.05) is 0 Å². The summed E-state index contributed by atoms with van der Waals surface area (Å²) in [5, 5.41) is 2.15. The molecule has 176 valence electrons. The number of aromatic nitrogens is 2. The van der Waals surface area contributed by atoms with Crippen molar-refractivity contribution in [1.29, 1.82) is 0 Å². The van der Waals surface area contributed by atoms with Crippen molar-refractivity contribution in [3.63, 3.8) is 0 Å². The maximum absolute atomic E-state index is 6.39. The number of benzene rings is 2. The Hall–Kier alpha value is -4.05. The first-order valence-electron chi connectivity index (χ1n) is 12.7. The number of aliphatic imine (C=N–C) groups is 1. The van der Waals surface area contributed by atoms with Gasteiger partial charge in [-0.25, -0.2) is 4.98 Å². The third kappa shape index (κ3) is 3.17. The molecule has 0 spiro atoms. The van der Waals surface area contributed by atoms with E-state index in [1.165, 1.54) is 22.4 Å². The average molecular weight is 471 g/mol. The molecule has 2 unspecified atom stereocenters. The van der Waals surface area contributed by atoms with Gasteiger partial charge in [0.05, 0.1) is 6.42 Å². The predicted molar refractivity (Wildman–Crippen MR) is 144 cm³/mol. The molecule has 2 aliphatic heterocycles. The minimum absolute atomic E-state index is 0.281. The molecule has 0 saturated carbocycles. The van der Waals surface area contributed by atoms with E-state index in [1.807, 2.05) is 13.0 Å². The van der Waals surface area contributed by atoms with Gasteiger partial charge in [0.15, 0.2) is 12.2 Å². The molecule has 0 amide bonds. The molecule has 0 radical (unpaired) electrons. The summed E-state index contributed by atoms with van der Waals surface area (Å²) in [6, 6.07) is 24.3. The van der Waals surface area contributed by atoms with Crippen molar-refractivity contribution in [3.05, 3.63) is 108 Å². The molecule has 3 aromatic heterocycles. The van der Waals surface area contributed by atoms with E-state index in [1.54, 1.807) is 0 Å². The molecule has 0 aliphatic carbocycles. The van der Waals surface area contributed by atoms with Gasteiger partial charge in [0.2, 0.25) is 11.4 Å². The van der Waals surface area contributed by atoms with Crippen molar-refractivity contribution in [3.8, 4) is 11.3 Å². The molecule has 2 atom stereocenters. The summed E-state index contributed by atoms with van der Waals surface area (Å²) in [4.78, 5) is 9.72. The number of furan rings is 1. The first-order valence-corrected chi connectivity index (χ1v) is 12.7. The largest absolute Gasteiger partial charge is 0.437 e. The van der Waals surface area contributed by atoms with Gasteiger partial charge in [-0.05, 0) is 62.1 Å². The van der Waals surface area contributed by atoms with Crippen LogP contribution < -0.4 is 4.57 Å². The van der Waals surface area contributed by atoms with Gasteiger partial charge < -0.3 is 4.42 Å². The highest BCUT2D eigenvalue weighted by molar-refractivity contribution is 6.15. The standard InChI is InChI=1S/C32H28N3O/c1-19-11-14-27-26-16-13-22-12-15-25-23-8-4-5-9-24(23)28-10-6-7-17-35(28)29(25)18-20(2)33-21(3)30(22)31(26)36-32(27)34-19/h4-11,13-14,16-17,25,29H,2,12,15,18H2,1,3H3/q+1. The van der Waals surface area contributed by atoms with Crippen LogP contribution in [0.25, 0.3) is 33.3 Å². The van der Waals surface area contributed by atoms with E-state index in [-0.39, 0.29) is 6.04 Å².